The van der Waals surface area contributed by atoms with E-state index in [1.807, 2.05) is 0 Å². The standard InChI is InChI=1S/C8H7N3O2/c12-8-5-3-13-4-6(5)10-7-1-2-9-11(7)8/h1-2,12H,3-4H2. The fraction of sp³-hybridized carbons (Fsp3) is 0.250. The molecule has 66 valence electrons. The van der Waals surface area contributed by atoms with E-state index in [4.69, 9.17) is 4.74 Å². The molecule has 13 heavy (non-hydrogen) atoms. The minimum absolute atomic E-state index is 0.141. The van der Waals surface area contributed by atoms with Crippen molar-refractivity contribution in [1.29, 1.82) is 0 Å². The summed E-state index contributed by atoms with van der Waals surface area (Å²) in [6, 6.07) is 1.75. The maximum atomic E-state index is 9.74. The zero-order valence-corrected chi connectivity index (χ0v) is 6.77. The van der Waals surface area contributed by atoms with E-state index < -0.39 is 0 Å². The number of aromatic nitrogens is 3. The number of hydrogen-bond acceptors (Lipinski definition) is 4. The molecule has 0 aliphatic carbocycles. The van der Waals surface area contributed by atoms with Gasteiger partial charge in [-0.05, 0) is 0 Å². The van der Waals surface area contributed by atoms with E-state index in [0.29, 0.717) is 18.9 Å². The van der Waals surface area contributed by atoms with E-state index in [1.54, 1.807) is 12.3 Å². The topological polar surface area (TPSA) is 59.7 Å². The number of nitrogens with zero attached hydrogens (tertiary/aromatic N) is 3. The molecule has 0 radical (unpaired) electrons. The van der Waals surface area contributed by atoms with Gasteiger partial charge in [-0.3, -0.25) is 0 Å². The van der Waals surface area contributed by atoms with Gasteiger partial charge in [-0.2, -0.15) is 9.61 Å². The monoisotopic (exact) mass is 177 g/mol. The Labute approximate surface area is 73.6 Å². The van der Waals surface area contributed by atoms with Gasteiger partial charge in [0.2, 0.25) is 5.88 Å². The summed E-state index contributed by atoms with van der Waals surface area (Å²) in [5.74, 6) is 0.141. The van der Waals surface area contributed by atoms with Gasteiger partial charge in [-0.25, -0.2) is 4.98 Å². The second-order valence-corrected chi connectivity index (χ2v) is 2.95. The maximum absolute atomic E-state index is 9.74. The average molecular weight is 177 g/mol. The van der Waals surface area contributed by atoms with Gasteiger partial charge in [0.15, 0.2) is 5.65 Å². The van der Waals surface area contributed by atoms with Crippen molar-refractivity contribution < 1.29 is 9.84 Å². The molecule has 0 fully saturated rings. The van der Waals surface area contributed by atoms with Gasteiger partial charge >= 0.3 is 0 Å². The first kappa shape index (κ1) is 6.85. The fourth-order valence-corrected chi connectivity index (χ4v) is 1.52. The molecule has 0 unspecified atom stereocenters. The van der Waals surface area contributed by atoms with Gasteiger partial charge in [0.1, 0.15) is 0 Å². The van der Waals surface area contributed by atoms with Crippen LogP contribution in [0, 0.1) is 0 Å². The van der Waals surface area contributed by atoms with Crippen LogP contribution in [0.2, 0.25) is 0 Å². The molecule has 0 amide bonds. The summed E-state index contributed by atoms with van der Waals surface area (Å²) in [7, 11) is 0. The number of rotatable bonds is 0. The number of aromatic hydroxyl groups is 1. The van der Waals surface area contributed by atoms with Gasteiger partial charge in [-0.15, -0.1) is 0 Å². The van der Waals surface area contributed by atoms with Crippen LogP contribution >= 0.6 is 0 Å². The molecular weight excluding hydrogens is 170 g/mol. The van der Waals surface area contributed by atoms with Crippen molar-refractivity contribution >= 4 is 5.65 Å². The molecule has 1 aliphatic heterocycles. The van der Waals surface area contributed by atoms with Crippen molar-refractivity contribution in [3.05, 3.63) is 23.5 Å². The van der Waals surface area contributed by atoms with Crippen molar-refractivity contribution in [2.45, 2.75) is 13.2 Å². The molecule has 1 aliphatic rings. The first-order valence-corrected chi connectivity index (χ1v) is 3.98. The largest absolute Gasteiger partial charge is 0.493 e. The third kappa shape index (κ3) is 0.790. The van der Waals surface area contributed by atoms with Gasteiger partial charge in [0, 0.05) is 6.07 Å². The fourth-order valence-electron chi connectivity index (χ4n) is 1.52. The summed E-state index contributed by atoms with van der Waals surface area (Å²) < 4.78 is 6.58. The Bertz CT molecular complexity index is 477. The Morgan fingerprint density at radius 1 is 1.46 bits per heavy atom. The second kappa shape index (κ2) is 2.20. The third-order valence-electron chi connectivity index (χ3n) is 2.18. The molecule has 0 aromatic carbocycles. The Kier molecular flexibility index (Phi) is 1.16. The molecule has 0 spiro atoms. The predicted molar refractivity (Wildman–Crippen MR) is 43.1 cm³/mol. The second-order valence-electron chi connectivity index (χ2n) is 2.95. The summed E-state index contributed by atoms with van der Waals surface area (Å²) in [4.78, 5) is 4.29. The zero-order chi connectivity index (χ0) is 8.84. The number of ether oxygens (including phenoxy) is 1. The molecule has 3 rings (SSSR count). The Balaban J connectivity index is 2.45. The van der Waals surface area contributed by atoms with E-state index in [0.717, 1.165) is 11.3 Å². The molecule has 0 atom stereocenters. The van der Waals surface area contributed by atoms with Gasteiger partial charge in [0.05, 0.1) is 30.7 Å². The van der Waals surface area contributed by atoms with Crippen LogP contribution in [0.15, 0.2) is 12.3 Å². The molecule has 1 N–H and O–H groups in total. The van der Waals surface area contributed by atoms with E-state index in [1.165, 1.54) is 4.52 Å². The molecule has 3 heterocycles. The molecule has 5 heteroatoms. The minimum Gasteiger partial charge on any atom is -0.493 e. The van der Waals surface area contributed by atoms with Crippen LogP contribution in [-0.2, 0) is 18.0 Å². The zero-order valence-electron chi connectivity index (χ0n) is 6.77. The lowest BCUT2D eigenvalue weighted by atomic mass is 10.2. The summed E-state index contributed by atoms with van der Waals surface area (Å²) in [6.45, 7) is 0.897. The molecule has 0 bridgehead atoms. The number of hydrogen-bond donors (Lipinski definition) is 1. The third-order valence-corrected chi connectivity index (χ3v) is 2.18. The quantitative estimate of drug-likeness (QED) is 0.635. The van der Waals surface area contributed by atoms with Crippen molar-refractivity contribution in [2.24, 2.45) is 0 Å². The highest BCUT2D eigenvalue weighted by Gasteiger charge is 2.20. The van der Waals surface area contributed by atoms with Gasteiger partial charge < -0.3 is 9.84 Å². The lowest BCUT2D eigenvalue weighted by molar-refractivity contribution is 0.132. The van der Waals surface area contributed by atoms with Crippen LogP contribution in [0.5, 0.6) is 5.88 Å². The summed E-state index contributed by atoms with van der Waals surface area (Å²) in [6.07, 6.45) is 1.61. The van der Waals surface area contributed by atoms with Crippen molar-refractivity contribution in [3.8, 4) is 5.88 Å². The van der Waals surface area contributed by atoms with Crippen molar-refractivity contribution in [3.63, 3.8) is 0 Å². The van der Waals surface area contributed by atoms with Gasteiger partial charge in [0.25, 0.3) is 0 Å². The lowest BCUT2D eigenvalue weighted by Crippen LogP contribution is -1.97. The predicted octanol–water partition coefficient (Wildman–Crippen LogP) is 0.465. The summed E-state index contributed by atoms with van der Waals surface area (Å²) in [5.41, 5.74) is 2.21. The van der Waals surface area contributed by atoms with Crippen LogP contribution in [0.4, 0.5) is 0 Å². The van der Waals surface area contributed by atoms with E-state index in [2.05, 4.69) is 10.1 Å². The molecule has 2 aromatic rings. The van der Waals surface area contributed by atoms with Crippen LogP contribution < -0.4 is 0 Å². The van der Waals surface area contributed by atoms with Crippen LogP contribution in [0.1, 0.15) is 11.3 Å². The smallest absolute Gasteiger partial charge is 0.221 e. The van der Waals surface area contributed by atoms with E-state index in [9.17, 15) is 5.11 Å². The minimum atomic E-state index is 0.141. The molecule has 2 aromatic heterocycles. The maximum Gasteiger partial charge on any atom is 0.221 e. The number of fused-ring (bicyclic) bond motifs is 2. The molecule has 0 saturated heterocycles. The van der Waals surface area contributed by atoms with Crippen LogP contribution in [-0.4, -0.2) is 19.7 Å². The normalized spacial score (nSPS) is 15.1. The Morgan fingerprint density at radius 2 is 2.38 bits per heavy atom. The summed E-state index contributed by atoms with van der Waals surface area (Å²) in [5, 5.41) is 13.7. The average Bonchev–Trinajstić information content (AvgIpc) is 2.71. The highest BCUT2D eigenvalue weighted by atomic mass is 16.5. The van der Waals surface area contributed by atoms with Gasteiger partial charge in [-0.1, -0.05) is 0 Å². The first-order chi connectivity index (χ1) is 6.36. The van der Waals surface area contributed by atoms with Crippen molar-refractivity contribution in [2.75, 3.05) is 0 Å². The molecular formula is C8H7N3O2. The van der Waals surface area contributed by atoms with E-state index in [-0.39, 0.29) is 5.88 Å². The summed E-state index contributed by atoms with van der Waals surface area (Å²) >= 11 is 0. The highest BCUT2D eigenvalue weighted by molar-refractivity contribution is 5.45. The molecule has 0 saturated carbocycles. The van der Waals surface area contributed by atoms with Crippen LogP contribution in [0.25, 0.3) is 5.65 Å². The van der Waals surface area contributed by atoms with E-state index >= 15 is 0 Å². The van der Waals surface area contributed by atoms with Crippen molar-refractivity contribution in [1.82, 2.24) is 14.6 Å². The first-order valence-electron chi connectivity index (χ1n) is 3.98. The Hall–Kier alpha value is -1.62. The lowest BCUT2D eigenvalue weighted by Gasteiger charge is -2.01. The SMILES string of the molecule is Oc1c2c(nc3ccnn13)COC2. The highest BCUT2D eigenvalue weighted by Crippen LogP contribution is 2.26. The molecule has 5 nitrogen and oxygen atoms in total. The van der Waals surface area contributed by atoms with Crippen LogP contribution in [0.3, 0.4) is 0 Å². The Morgan fingerprint density at radius 3 is 3.31 bits per heavy atom.